The highest BCUT2D eigenvalue weighted by Gasteiger charge is 2.13. The first-order chi connectivity index (χ1) is 8.56. The fraction of sp³-hybridized carbons (Fsp3) is 0.385. The van der Waals surface area contributed by atoms with Crippen molar-refractivity contribution < 1.29 is 4.42 Å². The van der Waals surface area contributed by atoms with Gasteiger partial charge in [0.25, 0.3) is 0 Å². The molecule has 0 aliphatic carbocycles. The molecule has 0 amide bonds. The number of aromatic nitrogens is 2. The molecule has 5 heteroatoms. The Bertz CT molecular complexity index is 504. The van der Waals surface area contributed by atoms with Crippen LogP contribution in [-0.4, -0.2) is 17.2 Å². The van der Waals surface area contributed by atoms with Gasteiger partial charge >= 0.3 is 6.01 Å². The first-order valence-corrected chi connectivity index (χ1v) is 5.92. The third-order valence-electron chi connectivity index (χ3n) is 2.69. The van der Waals surface area contributed by atoms with Crippen LogP contribution in [0.1, 0.15) is 30.0 Å². The third-order valence-corrected chi connectivity index (χ3v) is 2.69. The smallest absolute Gasteiger partial charge is 0.318 e. The number of aryl methyl sites for hydroxylation is 1. The van der Waals surface area contributed by atoms with Crippen LogP contribution in [0.4, 0.5) is 6.01 Å². The zero-order chi connectivity index (χ0) is 13.1. The molecule has 0 spiro atoms. The second-order valence-electron chi connectivity index (χ2n) is 4.55. The molecule has 2 rings (SSSR count). The predicted molar refractivity (Wildman–Crippen MR) is 70.2 cm³/mol. The number of hydrogen-bond acceptors (Lipinski definition) is 5. The second-order valence-corrected chi connectivity index (χ2v) is 4.55. The number of nitrogens with two attached hydrogens (primary N) is 1. The summed E-state index contributed by atoms with van der Waals surface area (Å²) in [6.45, 7) is 4.61. The molecule has 1 aromatic carbocycles. The van der Waals surface area contributed by atoms with Gasteiger partial charge in [-0.2, -0.15) is 0 Å². The Morgan fingerprint density at radius 2 is 1.94 bits per heavy atom. The molecule has 0 aliphatic rings. The van der Waals surface area contributed by atoms with E-state index in [1.807, 2.05) is 18.9 Å². The molecule has 1 heterocycles. The average Bonchev–Trinajstić information content (AvgIpc) is 2.81. The molecule has 5 nitrogen and oxygen atoms in total. The Morgan fingerprint density at radius 1 is 1.28 bits per heavy atom. The van der Waals surface area contributed by atoms with Gasteiger partial charge in [0.05, 0.1) is 6.04 Å². The zero-order valence-electron chi connectivity index (χ0n) is 10.9. The quantitative estimate of drug-likeness (QED) is 0.894. The molecule has 0 aliphatic heterocycles. The first kappa shape index (κ1) is 12.6. The second kappa shape index (κ2) is 5.18. The Morgan fingerprint density at radius 3 is 2.50 bits per heavy atom. The lowest BCUT2D eigenvalue weighted by atomic mass is 10.1. The van der Waals surface area contributed by atoms with Gasteiger partial charge in [-0.05, 0) is 19.4 Å². The Labute approximate surface area is 107 Å². The lowest BCUT2D eigenvalue weighted by Crippen LogP contribution is -2.16. The van der Waals surface area contributed by atoms with E-state index in [2.05, 4.69) is 41.4 Å². The van der Waals surface area contributed by atoms with Gasteiger partial charge in [0.15, 0.2) is 0 Å². The van der Waals surface area contributed by atoms with Gasteiger partial charge in [-0.15, -0.1) is 5.10 Å². The SMILES string of the molecule is Cc1ccc(CN(C)c2nnc(C(C)N)o2)cc1. The van der Waals surface area contributed by atoms with E-state index in [1.165, 1.54) is 11.1 Å². The van der Waals surface area contributed by atoms with Gasteiger partial charge in [-0.3, -0.25) is 0 Å². The molecule has 2 N–H and O–H groups in total. The summed E-state index contributed by atoms with van der Waals surface area (Å²) in [6, 6.07) is 8.61. The minimum Gasteiger partial charge on any atom is -0.406 e. The van der Waals surface area contributed by atoms with Crippen LogP contribution in [0.15, 0.2) is 28.7 Å². The summed E-state index contributed by atoms with van der Waals surface area (Å²) in [4.78, 5) is 1.91. The summed E-state index contributed by atoms with van der Waals surface area (Å²) in [5.74, 6) is 0.459. The van der Waals surface area contributed by atoms with Crippen molar-refractivity contribution in [2.24, 2.45) is 5.73 Å². The molecule has 0 fully saturated rings. The maximum atomic E-state index is 5.68. The van der Waals surface area contributed by atoms with Crippen molar-refractivity contribution in [3.63, 3.8) is 0 Å². The van der Waals surface area contributed by atoms with Crippen molar-refractivity contribution in [3.8, 4) is 0 Å². The normalized spacial score (nSPS) is 12.4. The van der Waals surface area contributed by atoms with E-state index in [0.717, 1.165) is 6.54 Å². The van der Waals surface area contributed by atoms with Crippen LogP contribution in [0.25, 0.3) is 0 Å². The molecule has 18 heavy (non-hydrogen) atoms. The van der Waals surface area contributed by atoms with E-state index >= 15 is 0 Å². The summed E-state index contributed by atoms with van der Waals surface area (Å²) in [6.07, 6.45) is 0. The van der Waals surface area contributed by atoms with Crippen LogP contribution >= 0.6 is 0 Å². The van der Waals surface area contributed by atoms with Crippen LogP contribution in [0, 0.1) is 6.92 Å². The lowest BCUT2D eigenvalue weighted by Gasteiger charge is -2.13. The fourth-order valence-corrected chi connectivity index (χ4v) is 1.60. The van der Waals surface area contributed by atoms with E-state index in [0.29, 0.717) is 11.9 Å². The maximum Gasteiger partial charge on any atom is 0.318 e. The van der Waals surface area contributed by atoms with Crippen molar-refractivity contribution >= 4 is 6.01 Å². The van der Waals surface area contributed by atoms with E-state index in [4.69, 9.17) is 10.2 Å². The highest BCUT2D eigenvalue weighted by molar-refractivity contribution is 5.28. The van der Waals surface area contributed by atoms with Crippen LogP contribution in [0.5, 0.6) is 0 Å². The van der Waals surface area contributed by atoms with Gasteiger partial charge in [0.2, 0.25) is 5.89 Å². The predicted octanol–water partition coefficient (Wildman–Crippen LogP) is 2.03. The highest BCUT2D eigenvalue weighted by Crippen LogP contribution is 2.16. The summed E-state index contributed by atoms with van der Waals surface area (Å²) < 4.78 is 5.48. The summed E-state index contributed by atoms with van der Waals surface area (Å²) in [5.41, 5.74) is 8.13. The van der Waals surface area contributed by atoms with Crippen LogP contribution in [0.3, 0.4) is 0 Å². The van der Waals surface area contributed by atoms with Crippen LogP contribution in [0.2, 0.25) is 0 Å². The van der Waals surface area contributed by atoms with E-state index in [9.17, 15) is 0 Å². The van der Waals surface area contributed by atoms with Gasteiger partial charge < -0.3 is 15.1 Å². The molecular formula is C13H18N4O. The number of anilines is 1. The number of nitrogens with zero attached hydrogens (tertiary/aromatic N) is 3. The summed E-state index contributed by atoms with van der Waals surface area (Å²) >= 11 is 0. The average molecular weight is 246 g/mol. The van der Waals surface area contributed by atoms with Crippen molar-refractivity contribution in [2.45, 2.75) is 26.4 Å². The van der Waals surface area contributed by atoms with Gasteiger partial charge in [-0.1, -0.05) is 34.9 Å². The molecule has 0 saturated carbocycles. The molecule has 0 saturated heterocycles. The van der Waals surface area contributed by atoms with E-state index in [1.54, 1.807) is 0 Å². The summed E-state index contributed by atoms with van der Waals surface area (Å²) in [5, 5.41) is 7.89. The molecule has 1 atom stereocenters. The zero-order valence-corrected chi connectivity index (χ0v) is 10.9. The number of rotatable bonds is 4. The molecule has 96 valence electrons. The van der Waals surface area contributed by atoms with Crippen LogP contribution in [-0.2, 0) is 6.54 Å². The van der Waals surface area contributed by atoms with Crippen molar-refractivity contribution in [3.05, 3.63) is 41.3 Å². The molecule has 1 aromatic heterocycles. The first-order valence-electron chi connectivity index (χ1n) is 5.92. The third kappa shape index (κ3) is 2.87. The molecule has 0 radical (unpaired) electrons. The Hall–Kier alpha value is -1.88. The van der Waals surface area contributed by atoms with Crippen molar-refractivity contribution in [1.29, 1.82) is 0 Å². The maximum absolute atomic E-state index is 5.68. The molecule has 1 unspecified atom stereocenters. The standard InChI is InChI=1S/C13H18N4O/c1-9-4-6-11(7-5-9)8-17(3)13-16-15-12(18-13)10(2)14/h4-7,10H,8,14H2,1-3H3. The molecule has 0 bridgehead atoms. The van der Waals surface area contributed by atoms with Crippen molar-refractivity contribution in [2.75, 3.05) is 11.9 Å². The van der Waals surface area contributed by atoms with Gasteiger partial charge in [-0.25, -0.2) is 0 Å². The Balaban J connectivity index is 2.06. The minimum atomic E-state index is -0.237. The molecule has 2 aromatic rings. The number of benzene rings is 1. The summed E-state index contributed by atoms with van der Waals surface area (Å²) in [7, 11) is 1.92. The fourth-order valence-electron chi connectivity index (χ4n) is 1.60. The highest BCUT2D eigenvalue weighted by atomic mass is 16.4. The monoisotopic (exact) mass is 246 g/mol. The lowest BCUT2D eigenvalue weighted by molar-refractivity contribution is 0.460. The van der Waals surface area contributed by atoms with Crippen molar-refractivity contribution in [1.82, 2.24) is 10.2 Å². The van der Waals surface area contributed by atoms with E-state index < -0.39 is 0 Å². The number of hydrogen-bond donors (Lipinski definition) is 1. The van der Waals surface area contributed by atoms with Gasteiger partial charge in [0.1, 0.15) is 0 Å². The topological polar surface area (TPSA) is 68.2 Å². The minimum absolute atomic E-state index is 0.237. The Kier molecular flexibility index (Phi) is 3.62. The van der Waals surface area contributed by atoms with E-state index in [-0.39, 0.29) is 6.04 Å². The van der Waals surface area contributed by atoms with Crippen LogP contribution < -0.4 is 10.6 Å². The van der Waals surface area contributed by atoms with Gasteiger partial charge in [0, 0.05) is 13.6 Å². The largest absolute Gasteiger partial charge is 0.406 e. The molecular weight excluding hydrogens is 228 g/mol.